The molecule has 0 spiro atoms. The van der Waals surface area contributed by atoms with Gasteiger partial charge in [0, 0.05) is 24.1 Å². The fraction of sp³-hybridized carbons (Fsp3) is 0.385. The molecule has 184 valence electrons. The van der Waals surface area contributed by atoms with Gasteiger partial charge in [-0.05, 0) is 48.1 Å². The van der Waals surface area contributed by atoms with Crippen LogP contribution in [0.4, 0.5) is 16.5 Å². The number of hydrogen-bond donors (Lipinski definition) is 3. The zero-order valence-electron chi connectivity index (χ0n) is 19.9. The Morgan fingerprint density at radius 3 is 2.49 bits per heavy atom. The Kier molecular flexibility index (Phi) is 7.65. The van der Waals surface area contributed by atoms with Crippen molar-refractivity contribution >= 4 is 40.0 Å². The second kappa shape index (κ2) is 10.9. The fourth-order valence-electron chi connectivity index (χ4n) is 4.68. The minimum absolute atomic E-state index is 0.224. The Labute approximate surface area is 208 Å². The standard InChI is InChI=1S/C26H30N4O4S/c1-16(2)15-30(18-8-4-3-5-9-18)22-13-12-17(19-10-6-7-11-20(19)24(31)32)14-21(22)27-26-28-23(25(33)34)29-35-26/h6-7,10-14,16,18H,3-5,8-9,15H2,1-2H3,(H,31,32)(H,33,34)(H,27,28,29). The van der Waals surface area contributed by atoms with E-state index >= 15 is 0 Å². The van der Waals surface area contributed by atoms with E-state index in [9.17, 15) is 19.8 Å². The van der Waals surface area contributed by atoms with Gasteiger partial charge < -0.3 is 20.4 Å². The molecule has 0 aliphatic heterocycles. The van der Waals surface area contributed by atoms with Crippen molar-refractivity contribution < 1.29 is 19.8 Å². The first kappa shape index (κ1) is 24.7. The summed E-state index contributed by atoms with van der Waals surface area (Å²) < 4.78 is 3.92. The molecule has 1 aromatic heterocycles. The zero-order valence-corrected chi connectivity index (χ0v) is 20.7. The fourth-order valence-corrected chi connectivity index (χ4v) is 5.26. The molecule has 35 heavy (non-hydrogen) atoms. The molecule has 3 aromatic rings. The Balaban J connectivity index is 1.81. The van der Waals surface area contributed by atoms with Crippen LogP contribution < -0.4 is 10.2 Å². The molecule has 1 heterocycles. The van der Waals surface area contributed by atoms with Gasteiger partial charge in [0.1, 0.15) is 0 Å². The summed E-state index contributed by atoms with van der Waals surface area (Å²) in [4.78, 5) is 29.7. The predicted molar refractivity (Wildman–Crippen MR) is 138 cm³/mol. The summed E-state index contributed by atoms with van der Waals surface area (Å²) in [5.74, 6) is -1.98. The summed E-state index contributed by atoms with van der Waals surface area (Å²) in [6, 6.07) is 13.2. The van der Waals surface area contributed by atoms with E-state index in [0.717, 1.165) is 47.9 Å². The average Bonchev–Trinajstić information content (AvgIpc) is 3.32. The van der Waals surface area contributed by atoms with Gasteiger partial charge in [-0.3, -0.25) is 0 Å². The molecule has 9 heteroatoms. The SMILES string of the molecule is CC(C)CN(c1ccc(-c2ccccc2C(=O)O)cc1Nc1nc(C(=O)O)ns1)C1CCCCC1. The van der Waals surface area contributed by atoms with Gasteiger partial charge in [0.15, 0.2) is 0 Å². The zero-order chi connectivity index (χ0) is 24.9. The van der Waals surface area contributed by atoms with Gasteiger partial charge in [0.05, 0.1) is 16.9 Å². The molecular weight excluding hydrogens is 464 g/mol. The lowest BCUT2D eigenvalue weighted by Crippen LogP contribution is -2.39. The summed E-state index contributed by atoms with van der Waals surface area (Å²) in [6.45, 7) is 5.27. The smallest absolute Gasteiger partial charge is 0.375 e. The van der Waals surface area contributed by atoms with Crippen LogP contribution in [0.3, 0.4) is 0 Å². The van der Waals surface area contributed by atoms with Crippen molar-refractivity contribution in [2.75, 3.05) is 16.8 Å². The number of nitrogens with one attached hydrogen (secondary N) is 1. The van der Waals surface area contributed by atoms with Crippen molar-refractivity contribution in [2.45, 2.75) is 52.0 Å². The number of benzene rings is 2. The van der Waals surface area contributed by atoms with Crippen LogP contribution in [0.25, 0.3) is 11.1 Å². The van der Waals surface area contributed by atoms with Crippen LogP contribution >= 0.6 is 11.5 Å². The second-order valence-corrected chi connectivity index (χ2v) is 10.0. The second-order valence-electron chi connectivity index (χ2n) is 9.27. The van der Waals surface area contributed by atoms with Gasteiger partial charge in [0.2, 0.25) is 5.13 Å². The largest absolute Gasteiger partial charge is 0.478 e. The van der Waals surface area contributed by atoms with Gasteiger partial charge in [-0.2, -0.15) is 9.36 Å². The van der Waals surface area contributed by atoms with Crippen LogP contribution in [-0.2, 0) is 0 Å². The van der Waals surface area contributed by atoms with Crippen LogP contribution in [0.5, 0.6) is 0 Å². The Hall–Kier alpha value is -3.46. The molecule has 1 aliphatic rings. The Morgan fingerprint density at radius 1 is 1.09 bits per heavy atom. The summed E-state index contributed by atoms with van der Waals surface area (Å²) >= 11 is 0.987. The average molecular weight is 495 g/mol. The Morgan fingerprint density at radius 2 is 1.83 bits per heavy atom. The van der Waals surface area contributed by atoms with Gasteiger partial charge in [-0.25, -0.2) is 9.59 Å². The third-order valence-electron chi connectivity index (χ3n) is 6.21. The van der Waals surface area contributed by atoms with E-state index in [1.807, 2.05) is 24.3 Å². The van der Waals surface area contributed by atoms with Crippen LogP contribution in [0.1, 0.15) is 66.9 Å². The lowest BCUT2D eigenvalue weighted by Gasteiger charge is -2.38. The van der Waals surface area contributed by atoms with E-state index in [4.69, 9.17) is 0 Å². The van der Waals surface area contributed by atoms with E-state index < -0.39 is 11.9 Å². The third kappa shape index (κ3) is 5.79. The molecule has 0 atom stereocenters. The molecule has 0 saturated heterocycles. The van der Waals surface area contributed by atoms with Crippen molar-refractivity contribution in [1.29, 1.82) is 0 Å². The summed E-state index contributed by atoms with van der Waals surface area (Å²) in [5.41, 5.74) is 3.34. The number of anilines is 3. The lowest BCUT2D eigenvalue weighted by molar-refractivity contribution is 0.0679. The number of carboxylic acids is 2. The minimum atomic E-state index is -1.18. The molecule has 0 radical (unpaired) electrons. The number of carbonyl (C=O) groups is 2. The van der Waals surface area contributed by atoms with E-state index in [0.29, 0.717) is 22.7 Å². The predicted octanol–water partition coefficient (Wildman–Crippen LogP) is 6.14. The van der Waals surface area contributed by atoms with Gasteiger partial charge in [-0.15, -0.1) is 0 Å². The van der Waals surface area contributed by atoms with Crippen molar-refractivity contribution in [3.8, 4) is 11.1 Å². The minimum Gasteiger partial charge on any atom is -0.478 e. The molecule has 0 bridgehead atoms. The van der Waals surface area contributed by atoms with Crippen LogP contribution in [0, 0.1) is 5.92 Å². The summed E-state index contributed by atoms with van der Waals surface area (Å²) in [5, 5.41) is 22.6. The first-order valence-corrected chi connectivity index (χ1v) is 12.7. The van der Waals surface area contributed by atoms with Crippen LogP contribution in [0.2, 0.25) is 0 Å². The molecule has 4 rings (SSSR count). The molecule has 0 unspecified atom stereocenters. The molecular formula is C26H30N4O4S. The van der Waals surface area contributed by atoms with E-state index in [-0.39, 0.29) is 11.4 Å². The highest BCUT2D eigenvalue weighted by Crippen LogP contribution is 2.38. The molecule has 3 N–H and O–H groups in total. The number of hydrogen-bond acceptors (Lipinski definition) is 7. The quantitative estimate of drug-likeness (QED) is 0.325. The topological polar surface area (TPSA) is 116 Å². The number of carboxylic acid groups (broad SMARTS) is 2. The van der Waals surface area contributed by atoms with Crippen molar-refractivity contribution in [3.63, 3.8) is 0 Å². The van der Waals surface area contributed by atoms with E-state index in [1.54, 1.807) is 18.2 Å². The van der Waals surface area contributed by atoms with Gasteiger partial charge in [0.25, 0.3) is 5.82 Å². The molecule has 1 fully saturated rings. The molecule has 8 nitrogen and oxygen atoms in total. The van der Waals surface area contributed by atoms with Gasteiger partial charge >= 0.3 is 11.9 Å². The van der Waals surface area contributed by atoms with E-state index in [2.05, 4.69) is 33.4 Å². The highest BCUT2D eigenvalue weighted by molar-refractivity contribution is 7.09. The number of aromatic carboxylic acids is 2. The van der Waals surface area contributed by atoms with Crippen molar-refractivity contribution in [1.82, 2.24) is 9.36 Å². The van der Waals surface area contributed by atoms with Crippen LogP contribution in [-0.4, -0.2) is 44.1 Å². The first-order chi connectivity index (χ1) is 16.8. The Bertz CT molecular complexity index is 1200. The molecule has 2 aromatic carbocycles. The number of nitrogens with zero attached hydrogens (tertiary/aromatic N) is 3. The lowest BCUT2D eigenvalue weighted by atomic mass is 9.92. The van der Waals surface area contributed by atoms with Crippen LogP contribution in [0.15, 0.2) is 42.5 Å². The number of aromatic nitrogens is 2. The molecule has 1 saturated carbocycles. The summed E-state index contributed by atoms with van der Waals surface area (Å²) in [6.07, 6.45) is 5.90. The molecule has 0 amide bonds. The first-order valence-electron chi connectivity index (χ1n) is 11.9. The highest BCUT2D eigenvalue weighted by atomic mass is 32.1. The normalized spacial score (nSPS) is 14.1. The maximum atomic E-state index is 11.8. The third-order valence-corrected chi connectivity index (χ3v) is 6.84. The van der Waals surface area contributed by atoms with E-state index in [1.165, 1.54) is 19.3 Å². The summed E-state index contributed by atoms with van der Waals surface area (Å²) in [7, 11) is 0. The maximum Gasteiger partial charge on any atom is 0.375 e. The number of rotatable bonds is 9. The van der Waals surface area contributed by atoms with Gasteiger partial charge in [-0.1, -0.05) is 57.4 Å². The van der Waals surface area contributed by atoms with Crippen molar-refractivity contribution in [2.24, 2.45) is 5.92 Å². The monoisotopic (exact) mass is 494 g/mol. The van der Waals surface area contributed by atoms with Crippen molar-refractivity contribution in [3.05, 3.63) is 53.9 Å². The molecule has 1 aliphatic carbocycles. The maximum absolute atomic E-state index is 11.8. The highest BCUT2D eigenvalue weighted by Gasteiger charge is 2.25.